The van der Waals surface area contributed by atoms with Gasteiger partial charge in [-0.3, -0.25) is 14.4 Å². The summed E-state index contributed by atoms with van der Waals surface area (Å²) >= 11 is 0. The molecule has 3 heterocycles. The van der Waals surface area contributed by atoms with Crippen molar-refractivity contribution in [1.29, 1.82) is 0 Å². The van der Waals surface area contributed by atoms with Crippen LogP contribution in [0.15, 0.2) is 94.1 Å². The van der Waals surface area contributed by atoms with Crippen molar-refractivity contribution in [3.63, 3.8) is 0 Å². The van der Waals surface area contributed by atoms with Gasteiger partial charge < -0.3 is 19.0 Å². The molecule has 1 spiro atoms. The minimum atomic E-state index is -1.69. The van der Waals surface area contributed by atoms with Crippen molar-refractivity contribution in [3.05, 3.63) is 140 Å². The second-order valence-corrected chi connectivity index (χ2v) is 11.4. The largest absolute Gasteiger partial charge is 0.497 e. The van der Waals surface area contributed by atoms with Gasteiger partial charge in [0, 0.05) is 12.1 Å². The Labute approximate surface area is 248 Å². The normalized spacial score (nSPS) is 17.2. The molecule has 43 heavy (non-hydrogen) atoms. The van der Waals surface area contributed by atoms with Gasteiger partial charge in [-0.2, -0.15) is 0 Å². The predicted octanol–water partition coefficient (Wildman–Crippen LogP) is 6.17. The van der Waals surface area contributed by atoms with Gasteiger partial charge in [0.15, 0.2) is 11.0 Å². The van der Waals surface area contributed by atoms with E-state index < -0.39 is 11.4 Å². The van der Waals surface area contributed by atoms with Crippen LogP contribution < -0.4 is 15.1 Å². The van der Waals surface area contributed by atoms with Crippen molar-refractivity contribution >= 4 is 28.5 Å². The molecule has 0 radical (unpaired) electrons. The van der Waals surface area contributed by atoms with Crippen molar-refractivity contribution in [2.45, 2.75) is 39.4 Å². The monoisotopic (exact) mass is 570 g/mol. The lowest BCUT2D eigenvalue weighted by Crippen LogP contribution is -2.52. The van der Waals surface area contributed by atoms with Gasteiger partial charge in [0.2, 0.25) is 5.76 Å². The number of ether oxygens (including phenoxy) is 1. The predicted molar refractivity (Wildman–Crippen MR) is 164 cm³/mol. The molecule has 0 saturated carbocycles. The van der Waals surface area contributed by atoms with Gasteiger partial charge in [0.1, 0.15) is 11.3 Å². The van der Waals surface area contributed by atoms with Crippen molar-refractivity contribution in [3.8, 4) is 5.75 Å². The van der Waals surface area contributed by atoms with Gasteiger partial charge in [-0.1, -0.05) is 60.2 Å². The molecule has 1 aromatic heterocycles. The van der Waals surface area contributed by atoms with Gasteiger partial charge in [-0.05, 0) is 73.4 Å². The van der Waals surface area contributed by atoms with E-state index in [-0.39, 0.29) is 35.7 Å². The fourth-order valence-electron chi connectivity index (χ4n) is 6.53. The smallest absolute Gasteiger partial charge is 0.291 e. The van der Waals surface area contributed by atoms with Crippen molar-refractivity contribution < 1.29 is 18.7 Å². The molecule has 4 aromatic carbocycles. The molecule has 0 bridgehead atoms. The summed E-state index contributed by atoms with van der Waals surface area (Å²) in [4.78, 5) is 47.1. The van der Waals surface area contributed by atoms with Crippen LogP contribution in [0.2, 0.25) is 0 Å². The molecule has 0 aliphatic carbocycles. The highest BCUT2D eigenvalue weighted by Gasteiger charge is 2.65. The zero-order chi connectivity index (χ0) is 30.0. The SMILES string of the molecule is COc1ccc(CN2C(=O)c3oc4cc(C)c(C)cc4c(=O)c3C23C(=O)N(Cc2cccc(C)c2)c2ccccc23)cc1. The maximum absolute atomic E-state index is 15.0. The van der Waals surface area contributed by atoms with Crippen LogP contribution in [0.25, 0.3) is 11.0 Å². The topological polar surface area (TPSA) is 80.1 Å². The lowest BCUT2D eigenvalue weighted by atomic mass is 9.83. The first-order valence-corrected chi connectivity index (χ1v) is 14.2. The number of benzene rings is 4. The summed E-state index contributed by atoms with van der Waals surface area (Å²) in [6.07, 6.45) is 0. The minimum absolute atomic E-state index is 0.0750. The van der Waals surface area contributed by atoms with Crippen LogP contribution >= 0.6 is 0 Å². The lowest BCUT2D eigenvalue weighted by molar-refractivity contribution is -0.126. The Kier molecular flexibility index (Phi) is 6.02. The highest BCUT2D eigenvalue weighted by atomic mass is 16.5. The molecule has 7 rings (SSSR count). The van der Waals surface area contributed by atoms with E-state index in [2.05, 4.69) is 0 Å². The highest BCUT2D eigenvalue weighted by molar-refractivity contribution is 6.17. The molecule has 0 fully saturated rings. The summed E-state index contributed by atoms with van der Waals surface area (Å²) in [5, 5.41) is 0.350. The average molecular weight is 571 g/mol. The minimum Gasteiger partial charge on any atom is -0.497 e. The molecule has 214 valence electrons. The average Bonchev–Trinajstić information content (AvgIpc) is 3.39. The number of para-hydroxylation sites is 1. The number of hydrogen-bond donors (Lipinski definition) is 0. The Morgan fingerprint density at radius 1 is 0.791 bits per heavy atom. The number of fused-ring (bicyclic) bond motifs is 5. The first-order chi connectivity index (χ1) is 20.7. The van der Waals surface area contributed by atoms with Crippen LogP contribution in [0.3, 0.4) is 0 Å². The van der Waals surface area contributed by atoms with Gasteiger partial charge in [0.25, 0.3) is 11.8 Å². The highest BCUT2D eigenvalue weighted by Crippen LogP contribution is 2.53. The van der Waals surface area contributed by atoms with Crippen LogP contribution in [-0.2, 0) is 23.4 Å². The van der Waals surface area contributed by atoms with Crippen molar-refractivity contribution in [1.82, 2.24) is 4.90 Å². The molecule has 0 saturated heterocycles. The number of hydrogen-bond acceptors (Lipinski definition) is 5. The van der Waals surface area contributed by atoms with Crippen LogP contribution in [0.4, 0.5) is 5.69 Å². The number of methoxy groups -OCH3 is 1. The molecule has 0 N–H and O–H groups in total. The van der Waals surface area contributed by atoms with Gasteiger partial charge in [-0.15, -0.1) is 0 Å². The van der Waals surface area contributed by atoms with Gasteiger partial charge >= 0.3 is 0 Å². The van der Waals surface area contributed by atoms with Crippen LogP contribution in [0, 0.1) is 20.8 Å². The molecule has 7 nitrogen and oxygen atoms in total. The van der Waals surface area contributed by atoms with Crippen LogP contribution in [0.5, 0.6) is 5.75 Å². The van der Waals surface area contributed by atoms with E-state index in [9.17, 15) is 9.59 Å². The molecular weight excluding hydrogens is 540 g/mol. The van der Waals surface area contributed by atoms with Gasteiger partial charge in [-0.25, -0.2) is 0 Å². The number of aryl methyl sites for hydroxylation is 3. The first kappa shape index (κ1) is 26.7. The third-order valence-corrected chi connectivity index (χ3v) is 8.77. The summed E-state index contributed by atoms with van der Waals surface area (Å²) in [7, 11) is 1.59. The summed E-state index contributed by atoms with van der Waals surface area (Å²) in [5.41, 5.74) is 4.26. The van der Waals surface area contributed by atoms with E-state index >= 15 is 4.79 Å². The molecular formula is C36H30N2O5. The molecule has 7 heteroatoms. The molecule has 2 amide bonds. The Morgan fingerprint density at radius 2 is 1.53 bits per heavy atom. The summed E-state index contributed by atoms with van der Waals surface area (Å²) in [6.45, 7) is 6.24. The second-order valence-electron chi connectivity index (χ2n) is 11.4. The van der Waals surface area contributed by atoms with E-state index in [0.29, 0.717) is 28.0 Å². The fraction of sp³-hybridized carbons (Fsp3) is 0.194. The molecule has 1 unspecified atom stereocenters. The Bertz CT molecular complexity index is 2030. The maximum Gasteiger partial charge on any atom is 0.291 e. The fourth-order valence-corrected chi connectivity index (χ4v) is 6.53. The van der Waals surface area contributed by atoms with Gasteiger partial charge in [0.05, 0.1) is 30.3 Å². The Balaban J connectivity index is 1.50. The number of rotatable bonds is 5. The standard InChI is InChI=1S/C36H30N2O5/c1-21-8-7-9-25(16-21)19-37-29-11-6-5-10-28(29)36(35(37)41)31-32(39)27-17-22(2)23(3)18-30(27)43-33(31)34(40)38(36)20-24-12-14-26(42-4)15-13-24/h5-18H,19-20H2,1-4H3. The quantitative estimate of drug-likeness (QED) is 0.252. The van der Waals surface area contributed by atoms with Crippen molar-refractivity contribution in [2.75, 3.05) is 12.0 Å². The van der Waals surface area contributed by atoms with E-state index in [0.717, 1.165) is 27.8 Å². The van der Waals surface area contributed by atoms with Crippen LogP contribution in [-0.4, -0.2) is 23.8 Å². The van der Waals surface area contributed by atoms with E-state index in [1.54, 1.807) is 24.1 Å². The first-order valence-electron chi connectivity index (χ1n) is 14.2. The third kappa shape index (κ3) is 3.84. The number of nitrogens with zero attached hydrogens (tertiary/aromatic N) is 2. The Hall–Kier alpha value is -5.17. The number of carbonyl (C=O) groups is 2. The molecule has 5 aromatic rings. The molecule has 2 aliphatic heterocycles. The van der Waals surface area contributed by atoms with Crippen LogP contribution in [0.1, 0.15) is 49.5 Å². The zero-order valence-electron chi connectivity index (χ0n) is 24.4. The third-order valence-electron chi connectivity index (χ3n) is 8.77. The van der Waals surface area contributed by atoms with E-state index in [4.69, 9.17) is 9.15 Å². The molecule has 2 aliphatic rings. The maximum atomic E-state index is 15.0. The number of anilines is 1. The Morgan fingerprint density at radius 3 is 2.28 bits per heavy atom. The summed E-state index contributed by atoms with van der Waals surface area (Å²) in [5.74, 6) is -0.264. The zero-order valence-corrected chi connectivity index (χ0v) is 24.4. The van der Waals surface area contributed by atoms with E-state index in [1.165, 1.54) is 4.90 Å². The van der Waals surface area contributed by atoms with E-state index in [1.807, 2.05) is 93.6 Å². The molecule has 1 atom stereocenters. The lowest BCUT2D eigenvalue weighted by Gasteiger charge is -2.34. The summed E-state index contributed by atoms with van der Waals surface area (Å²) < 4.78 is 11.6. The number of carbonyl (C=O) groups excluding carboxylic acids is 2. The van der Waals surface area contributed by atoms with Crippen molar-refractivity contribution in [2.24, 2.45) is 0 Å². The second kappa shape index (κ2) is 9.70. The summed E-state index contributed by atoms with van der Waals surface area (Å²) in [6, 6.07) is 26.3. The number of amides is 2.